The lowest BCUT2D eigenvalue weighted by molar-refractivity contribution is -0.124. The second kappa shape index (κ2) is 5.93. The van der Waals surface area contributed by atoms with E-state index in [-0.39, 0.29) is 17.5 Å². The lowest BCUT2D eigenvalue weighted by Crippen LogP contribution is -2.46. The van der Waals surface area contributed by atoms with Crippen LogP contribution in [0.5, 0.6) is 0 Å². The molecule has 2 aliphatic rings. The summed E-state index contributed by atoms with van der Waals surface area (Å²) in [6.45, 7) is 6.29. The van der Waals surface area contributed by atoms with Crippen LogP contribution in [0, 0.1) is 5.92 Å². The third-order valence-corrected chi connectivity index (χ3v) is 4.30. The zero-order valence-electron chi connectivity index (χ0n) is 12.5. The van der Waals surface area contributed by atoms with Crippen LogP contribution in [0.4, 0.5) is 0 Å². The molecule has 1 spiro atoms. The molecule has 0 aromatic rings. The molecule has 0 radical (unpaired) electrons. The van der Waals surface area contributed by atoms with Crippen LogP contribution in [0.25, 0.3) is 0 Å². The number of guanidine groups is 1. The summed E-state index contributed by atoms with van der Waals surface area (Å²) in [6, 6.07) is 0.205. The molecule has 4 heteroatoms. The Morgan fingerprint density at radius 3 is 2.84 bits per heavy atom. The number of hydrogen-bond donors (Lipinski definition) is 2. The SMILES string of the molecule is CCCC1CCCC2(CC1)NC(=NC(C)C)NC2=O. The van der Waals surface area contributed by atoms with E-state index in [1.807, 2.05) is 13.8 Å². The van der Waals surface area contributed by atoms with Gasteiger partial charge >= 0.3 is 0 Å². The lowest BCUT2D eigenvalue weighted by atomic mass is 9.89. The van der Waals surface area contributed by atoms with Gasteiger partial charge in [-0.15, -0.1) is 0 Å². The average Bonchev–Trinajstić information content (AvgIpc) is 2.51. The number of hydrogen-bond acceptors (Lipinski definition) is 2. The summed E-state index contributed by atoms with van der Waals surface area (Å²) in [5.41, 5.74) is -0.379. The van der Waals surface area contributed by atoms with Gasteiger partial charge in [0, 0.05) is 6.04 Å². The Balaban J connectivity index is 2.05. The Morgan fingerprint density at radius 1 is 1.37 bits per heavy atom. The molecule has 2 fully saturated rings. The third-order valence-electron chi connectivity index (χ3n) is 4.30. The Kier molecular flexibility index (Phi) is 4.48. The predicted octanol–water partition coefficient (Wildman–Crippen LogP) is 2.59. The van der Waals surface area contributed by atoms with Crippen molar-refractivity contribution in [3.8, 4) is 0 Å². The normalized spacial score (nSPS) is 33.6. The fraction of sp³-hybridized carbons (Fsp3) is 0.867. The van der Waals surface area contributed by atoms with Crippen molar-refractivity contribution in [2.24, 2.45) is 10.9 Å². The van der Waals surface area contributed by atoms with Crippen LogP contribution in [0.3, 0.4) is 0 Å². The largest absolute Gasteiger partial charge is 0.342 e. The van der Waals surface area contributed by atoms with Crippen LogP contribution in [-0.4, -0.2) is 23.4 Å². The summed E-state index contributed by atoms with van der Waals surface area (Å²) in [7, 11) is 0. The minimum atomic E-state index is -0.379. The van der Waals surface area contributed by atoms with E-state index in [4.69, 9.17) is 0 Å². The molecule has 4 nitrogen and oxygen atoms in total. The molecule has 0 aromatic carbocycles. The van der Waals surface area contributed by atoms with Crippen molar-refractivity contribution < 1.29 is 4.79 Å². The first-order chi connectivity index (χ1) is 9.05. The number of nitrogens with one attached hydrogen (secondary N) is 2. The van der Waals surface area contributed by atoms with Gasteiger partial charge in [0.25, 0.3) is 5.91 Å². The molecule has 1 saturated heterocycles. The van der Waals surface area contributed by atoms with Gasteiger partial charge in [-0.3, -0.25) is 15.1 Å². The fourth-order valence-electron chi connectivity index (χ4n) is 3.33. The first-order valence-electron chi connectivity index (χ1n) is 7.73. The van der Waals surface area contributed by atoms with E-state index >= 15 is 0 Å². The second-order valence-electron chi connectivity index (χ2n) is 6.32. The van der Waals surface area contributed by atoms with Gasteiger partial charge in [0.15, 0.2) is 5.96 Å². The number of nitrogens with zero attached hydrogens (tertiary/aromatic N) is 1. The van der Waals surface area contributed by atoms with Crippen molar-refractivity contribution in [2.45, 2.75) is 77.3 Å². The molecule has 0 aromatic heterocycles. The maximum Gasteiger partial charge on any atom is 0.252 e. The van der Waals surface area contributed by atoms with Crippen LogP contribution in [0.1, 0.15) is 65.7 Å². The molecule has 1 saturated carbocycles. The van der Waals surface area contributed by atoms with Crippen molar-refractivity contribution in [1.29, 1.82) is 0 Å². The number of aliphatic imine (C=N–C) groups is 1. The zero-order valence-corrected chi connectivity index (χ0v) is 12.5. The zero-order chi connectivity index (χ0) is 13.9. The molecular weight excluding hydrogens is 238 g/mol. The number of amides is 1. The topological polar surface area (TPSA) is 53.5 Å². The molecule has 1 aliphatic heterocycles. The molecule has 2 rings (SSSR count). The van der Waals surface area contributed by atoms with Crippen molar-refractivity contribution in [2.75, 3.05) is 0 Å². The van der Waals surface area contributed by atoms with E-state index in [1.165, 1.54) is 19.3 Å². The summed E-state index contributed by atoms with van der Waals surface area (Å²) in [5.74, 6) is 1.60. The Morgan fingerprint density at radius 2 is 2.16 bits per heavy atom. The molecule has 2 N–H and O–H groups in total. The number of carbonyl (C=O) groups is 1. The van der Waals surface area contributed by atoms with E-state index in [0.717, 1.165) is 31.6 Å². The number of carbonyl (C=O) groups excluding carboxylic acids is 1. The molecule has 19 heavy (non-hydrogen) atoms. The molecule has 1 heterocycles. The van der Waals surface area contributed by atoms with E-state index in [1.54, 1.807) is 0 Å². The summed E-state index contributed by atoms with van der Waals surface area (Å²) in [5, 5.41) is 6.30. The highest BCUT2D eigenvalue weighted by Crippen LogP contribution is 2.34. The van der Waals surface area contributed by atoms with Gasteiger partial charge in [-0.1, -0.05) is 32.6 Å². The fourth-order valence-corrected chi connectivity index (χ4v) is 3.33. The van der Waals surface area contributed by atoms with Gasteiger partial charge in [-0.2, -0.15) is 0 Å². The summed E-state index contributed by atoms with van der Waals surface area (Å²) in [4.78, 5) is 16.7. The van der Waals surface area contributed by atoms with E-state index in [0.29, 0.717) is 5.96 Å². The lowest BCUT2D eigenvalue weighted by Gasteiger charge is -2.24. The van der Waals surface area contributed by atoms with Crippen LogP contribution in [0.2, 0.25) is 0 Å². The molecular formula is C15H27N3O. The summed E-state index contributed by atoms with van der Waals surface area (Å²) < 4.78 is 0. The predicted molar refractivity (Wildman–Crippen MR) is 78.1 cm³/mol. The molecule has 2 unspecified atom stereocenters. The third kappa shape index (κ3) is 3.28. The Labute approximate surface area is 116 Å². The first-order valence-corrected chi connectivity index (χ1v) is 7.73. The van der Waals surface area contributed by atoms with Gasteiger partial charge in [0.2, 0.25) is 0 Å². The highest BCUT2D eigenvalue weighted by atomic mass is 16.2. The monoisotopic (exact) mass is 265 g/mol. The summed E-state index contributed by atoms with van der Waals surface area (Å²) in [6.07, 6.45) is 7.99. The second-order valence-corrected chi connectivity index (χ2v) is 6.32. The van der Waals surface area contributed by atoms with Gasteiger partial charge in [-0.25, -0.2) is 0 Å². The van der Waals surface area contributed by atoms with Crippen LogP contribution in [-0.2, 0) is 4.79 Å². The molecule has 0 bridgehead atoms. The molecule has 1 amide bonds. The molecule has 2 atom stereocenters. The molecule has 108 valence electrons. The maximum atomic E-state index is 12.3. The quantitative estimate of drug-likeness (QED) is 0.824. The molecule has 1 aliphatic carbocycles. The van der Waals surface area contributed by atoms with Gasteiger partial charge in [0.1, 0.15) is 5.54 Å². The minimum absolute atomic E-state index is 0.129. The van der Waals surface area contributed by atoms with E-state index in [9.17, 15) is 4.79 Å². The van der Waals surface area contributed by atoms with Crippen LogP contribution in [0.15, 0.2) is 4.99 Å². The van der Waals surface area contributed by atoms with Gasteiger partial charge in [0.05, 0.1) is 0 Å². The average molecular weight is 265 g/mol. The standard InChI is InChI=1S/C15H27N3O/c1-4-6-12-7-5-9-15(10-8-12)13(19)17-14(18-15)16-11(2)3/h11-12H,4-10H2,1-3H3,(H2,16,17,18,19). The van der Waals surface area contributed by atoms with Crippen molar-refractivity contribution in [1.82, 2.24) is 10.6 Å². The van der Waals surface area contributed by atoms with E-state index < -0.39 is 0 Å². The van der Waals surface area contributed by atoms with Crippen molar-refractivity contribution >= 4 is 11.9 Å². The summed E-state index contributed by atoms with van der Waals surface area (Å²) >= 11 is 0. The van der Waals surface area contributed by atoms with E-state index in [2.05, 4.69) is 22.5 Å². The van der Waals surface area contributed by atoms with Gasteiger partial charge < -0.3 is 5.32 Å². The highest BCUT2D eigenvalue weighted by Gasteiger charge is 2.45. The maximum absolute atomic E-state index is 12.3. The van der Waals surface area contributed by atoms with Crippen molar-refractivity contribution in [3.05, 3.63) is 0 Å². The first kappa shape index (κ1) is 14.4. The van der Waals surface area contributed by atoms with Gasteiger partial charge in [-0.05, 0) is 39.0 Å². The van der Waals surface area contributed by atoms with Crippen molar-refractivity contribution in [3.63, 3.8) is 0 Å². The minimum Gasteiger partial charge on any atom is -0.342 e. The van der Waals surface area contributed by atoms with Crippen LogP contribution < -0.4 is 10.6 Å². The van der Waals surface area contributed by atoms with Crippen LogP contribution >= 0.6 is 0 Å². The highest BCUT2D eigenvalue weighted by molar-refractivity contribution is 6.09. The Hall–Kier alpha value is -1.06. The number of rotatable bonds is 3. The Bertz CT molecular complexity index is 364. The smallest absolute Gasteiger partial charge is 0.252 e.